The Kier molecular flexibility index (Phi) is 6.04. The van der Waals surface area contributed by atoms with Crippen molar-refractivity contribution in [3.63, 3.8) is 0 Å². The molecule has 1 aromatic rings. The number of carbonyl (C=O) groups is 1. The summed E-state index contributed by atoms with van der Waals surface area (Å²) in [6.45, 7) is 2.25. The van der Waals surface area contributed by atoms with Gasteiger partial charge in [-0.1, -0.05) is 6.07 Å². The molecule has 0 aliphatic carbocycles. The second-order valence-electron chi connectivity index (χ2n) is 5.17. The standard InChI is InChI=1S/C16H21N3O2/c17-8-1-2-10-21-15-7-3-6-14(11-15)19-16(20)13-5-4-9-18-12-13/h3,6-7,11,13,18H,1-2,4-5,9-10,12H2,(H,19,20)/t13-/m1/s1. The van der Waals surface area contributed by atoms with Gasteiger partial charge in [0.05, 0.1) is 18.6 Å². The summed E-state index contributed by atoms with van der Waals surface area (Å²) in [5, 5.41) is 14.7. The van der Waals surface area contributed by atoms with Gasteiger partial charge in [0.1, 0.15) is 5.75 Å². The minimum absolute atomic E-state index is 0.0407. The molecule has 1 atom stereocenters. The largest absolute Gasteiger partial charge is 0.493 e. The van der Waals surface area contributed by atoms with Crippen LogP contribution < -0.4 is 15.4 Å². The Bertz CT molecular complexity index is 504. The van der Waals surface area contributed by atoms with Crippen LogP contribution >= 0.6 is 0 Å². The fraction of sp³-hybridized carbons (Fsp3) is 0.500. The van der Waals surface area contributed by atoms with Crippen LogP contribution in [0.15, 0.2) is 24.3 Å². The molecule has 1 aliphatic heterocycles. The van der Waals surface area contributed by atoms with E-state index in [1.54, 1.807) is 0 Å². The molecule has 1 heterocycles. The van der Waals surface area contributed by atoms with Crippen molar-refractivity contribution in [1.29, 1.82) is 5.26 Å². The van der Waals surface area contributed by atoms with Crippen LogP contribution in [0.3, 0.4) is 0 Å². The van der Waals surface area contributed by atoms with Crippen molar-refractivity contribution in [3.05, 3.63) is 24.3 Å². The van der Waals surface area contributed by atoms with E-state index in [0.29, 0.717) is 25.2 Å². The fourth-order valence-corrected chi connectivity index (χ4v) is 2.32. The molecule has 0 bridgehead atoms. The summed E-state index contributed by atoms with van der Waals surface area (Å²) in [6.07, 6.45) is 3.18. The topological polar surface area (TPSA) is 74.1 Å². The van der Waals surface area contributed by atoms with Crippen molar-refractivity contribution in [2.75, 3.05) is 25.0 Å². The summed E-state index contributed by atoms with van der Waals surface area (Å²) >= 11 is 0. The third kappa shape index (κ3) is 5.09. The summed E-state index contributed by atoms with van der Waals surface area (Å²) in [5.74, 6) is 0.815. The zero-order valence-electron chi connectivity index (χ0n) is 12.1. The van der Waals surface area contributed by atoms with Crippen molar-refractivity contribution < 1.29 is 9.53 Å². The van der Waals surface area contributed by atoms with Gasteiger partial charge in [-0.3, -0.25) is 4.79 Å². The lowest BCUT2D eigenvalue weighted by atomic mass is 9.99. The van der Waals surface area contributed by atoms with Gasteiger partial charge >= 0.3 is 0 Å². The van der Waals surface area contributed by atoms with Crippen LogP contribution in [0, 0.1) is 17.2 Å². The number of unbranched alkanes of at least 4 members (excludes halogenated alkanes) is 1. The van der Waals surface area contributed by atoms with Crippen LogP contribution in [-0.4, -0.2) is 25.6 Å². The number of nitrogens with one attached hydrogen (secondary N) is 2. The van der Waals surface area contributed by atoms with E-state index >= 15 is 0 Å². The van der Waals surface area contributed by atoms with Crippen LogP contribution in [0.1, 0.15) is 25.7 Å². The van der Waals surface area contributed by atoms with Crippen molar-refractivity contribution in [1.82, 2.24) is 5.32 Å². The highest BCUT2D eigenvalue weighted by atomic mass is 16.5. The number of hydrogen-bond donors (Lipinski definition) is 2. The van der Waals surface area contributed by atoms with Crippen LogP contribution in [-0.2, 0) is 4.79 Å². The van der Waals surface area contributed by atoms with Gasteiger partial charge in [-0.05, 0) is 37.9 Å². The lowest BCUT2D eigenvalue weighted by Gasteiger charge is -2.22. The molecular weight excluding hydrogens is 266 g/mol. The van der Waals surface area contributed by atoms with Crippen LogP contribution in [0.2, 0.25) is 0 Å². The zero-order chi connectivity index (χ0) is 14.9. The van der Waals surface area contributed by atoms with Gasteiger partial charge in [0.15, 0.2) is 0 Å². The van der Waals surface area contributed by atoms with Crippen molar-refractivity contribution in [2.24, 2.45) is 5.92 Å². The number of rotatable bonds is 6. The molecule has 2 rings (SSSR count). The van der Waals surface area contributed by atoms with E-state index in [2.05, 4.69) is 16.7 Å². The van der Waals surface area contributed by atoms with Gasteiger partial charge < -0.3 is 15.4 Å². The van der Waals surface area contributed by atoms with Gasteiger partial charge in [-0.25, -0.2) is 0 Å². The number of nitrogens with zero attached hydrogens (tertiary/aromatic N) is 1. The SMILES string of the molecule is N#CCCCOc1cccc(NC(=O)[C@@H]2CCCNC2)c1. The second kappa shape index (κ2) is 8.28. The van der Waals surface area contributed by atoms with E-state index in [1.807, 2.05) is 24.3 Å². The number of amides is 1. The number of benzene rings is 1. The minimum atomic E-state index is 0.0407. The summed E-state index contributed by atoms with van der Waals surface area (Å²) in [5.41, 5.74) is 0.753. The molecule has 0 radical (unpaired) electrons. The number of piperidine rings is 1. The molecule has 1 aromatic carbocycles. The quantitative estimate of drug-likeness (QED) is 0.787. The molecule has 1 amide bonds. The predicted molar refractivity (Wildman–Crippen MR) is 81.0 cm³/mol. The molecule has 1 fully saturated rings. The average Bonchev–Trinajstić information content (AvgIpc) is 2.53. The molecule has 1 aliphatic rings. The van der Waals surface area contributed by atoms with E-state index < -0.39 is 0 Å². The third-order valence-corrected chi connectivity index (χ3v) is 3.47. The number of carbonyl (C=O) groups excluding carboxylic acids is 1. The normalized spacial score (nSPS) is 17.8. The molecule has 112 valence electrons. The summed E-state index contributed by atoms with van der Waals surface area (Å²) < 4.78 is 5.56. The highest BCUT2D eigenvalue weighted by Crippen LogP contribution is 2.19. The molecule has 1 saturated heterocycles. The molecule has 0 spiro atoms. The molecule has 2 N–H and O–H groups in total. The maximum absolute atomic E-state index is 12.2. The number of anilines is 1. The first-order valence-electron chi connectivity index (χ1n) is 7.41. The Balaban J connectivity index is 1.85. The Morgan fingerprint density at radius 3 is 3.19 bits per heavy atom. The van der Waals surface area contributed by atoms with Crippen molar-refractivity contribution in [3.8, 4) is 11.8 Å². The maximum atomic E-state index is 12.2. The van der Waals surface area contributed by atoms with E-state index in [9.17, 15) is 4.79 Å². The summed E-state index contributed by atoms with van der Waals surface area (Å²) in [7, 11) is 0. The fourth-order valence-electron chi connectivity index (χ4n) is 2.32. The molecule has 0 saturated carbocycles. The van der Waals surface area contributed by atoms with Crippen LogP contribution in [0.4, 0.5) is 5.69 Å². The predicted octanol–water partition coefficient (Wildman–Crippen LogP) is 2.31. The van der Waals surface area contributed by atoms with E-state index in [4.69, 9.17) is 10.00 Å². The lowest BCUT2D eigenvalue weighted by Crippen LogP contribution is -2.37. The minimum Gasteiger partial charge on any atom is -0.493 e. The van der Waals surface area contributed by atoms with Gasteiger partial charge in [-0.15, -0.1) is 0 Å². The second-order valence-corrected chi connectivity index (χ2v) is 5.17. The van der Waals surface area contributed by atoms with Gasteiger partial charge in [0, 0.05) is 24.7 Å². The maximum Gasteiger partial charge on any atom is 0.228 e. The Morgan fingerprint density at radius 2 is 2.43 bits per heavy atom. The van der Waals surface area contributed by atoms with E-state index in [0.717, 1.165) is 31.6 Å². The first-order chi connectivity index (χ1) is 10.3. The van der Waals surface area contributed by atoms with Crippen LogP contribution in [0.5, 0.6) is 5.75 Å². The Morgan fingerprint density at radius 1 is 1.52 bits per heavy atom. The highest BCUT2D eigenvalue weighted by Gasteiger charge is 2.20. The van der Waals surface area contributed by atoms with E-state index in [1.165, 1.54) is 0 Å². The Hall–Kier alpha value is -2.06. The van der Waals surface area contributed by atoms with Gasteiger partial charge in [0.25, 0.3) is 0 Å². The van der Waals surface area contributed by atoms with Gasteiger partial charge in [0.2, 0.25) is 5.91 Å². The smallest absolute Gasteiger partial charge is 0.228 e. The monoisotopic (exact) mass is 287 g/mol. The molecule has 21 heavy (non-hydrogen) atoms. The van der Waals surface area contributed by atoms with Crippen molar-refractivity contribution in [2.45, 2.75) is 25.7 Å². The summed E-state index contributed by atoms with van der Waals surface area (Å²) in [4.78, 5) is 12.2. The molecule has 5 heteroatoms. The van der Waals surface area contributed by atoms with Gasteiger partial charge in [-0.2, -0.15) is 5.26 Å². The third-order valence-electron chi connectivity index (χ3n) is 3.47. The number of nitriles is 1. The average molecular weight is 287 g/mol. The molecule has 0 aromatic heterocycles. The van der Waals surface area contributed by atoms with Crippen molar-refractivity contribution >= 4 is 11.6 Å². The number of ether oxygens (including phenoxy) is 1. The van der Waals surface area contributed by atoms with E-state index in [-0.39, 0.29) is 11.8 Å². The molecule has 0 unspecified atom stereocenters. The number of hydrogen-bond acceptors (Lipinski definition) is 4. The first-order valence-corrected chi connectivity index (χ1v) is 7.41. The first kappa shape index (κ1) is 15.3. The van der Waals surface area contributed by atoms with Crippen LogP contribution in [0.25, 0.3) is 0 Å². The lowest BCUT2D eigenvalue weighted by molar-refractivity contribution is -0.120. The molecular formula is C16H21N3O2. The zero-order valence-corrected chi connectivity index (χ0v) is 12.1. The Labute approximate surface area is 125 Å². The highest BCUT2D eigenvalue weighted by molar-refractivity contribution is 5.92. The molecule has 5 nitrogen and oxygen atoms in total. The summed E-state index contributed by atoms with van der Waals surface area (Å²) in [6, 6.07) is 9.47.